The molecule has 1 aromatic heterocycles. The molecule has 0 bridgehead atoms. The molecule has 7 nitrogen and oxygen atoms in total. The van der Waals surface area contributed by atoms with Crippen LogP contribution in [0.3, 0.4) is 0 Å². The van der Waals surface area contributed by atoms with E-state index in [4.69, 9.17) is 14.2 Å². The van der Waals surface area contributed by atoms with Gasteiger partial charge in [0.2, 0.25) is 0 Å². The topological polar surface area (TPSA) is 90.9 Å². The van der Waals surface area contributed by atoms with Crippen LogP contribution < -0.4 is 10.1 Å². The Morgan fingerprint density at radius 1 is 1.21 bits per heavy atom. The molecule has 2 unspecified atom stereocenters. The zero-order valence-electron chi connectivity index (χ0n) is 19.8. The van der Waals surface area contributed by atoms with E-state index in [-0.39, 0.29) is 13.2 Å². The molecule has 0 radical (unpaired) electrons. The highest BCUT2D eigenvalue weighted by Crippen LogP contribution is 2.40. The van der Waals surface area contributed by atoms with Crippen LogP contribution in [-0.2, 0) is 31.9 Å². The lowest BCUT2D eigenvalue weighted by Crippen LogP contribution is -2.32. The van der Waals surface area contributed by atoms with Crippen molar-refractivity contribution in [3.63, 3.8) is 0 Å². The van der Waals surface area contributed by atoms with Crippen LogP contribution in [0.15, 0.2) is 18.2 Å². The van der Waals surface area contributed by atoms with Crippen molar-refractivity contribution in [2.45, 2.75) is 60.0 Å². The number of hydrogen-bond donors (Lipinski definition) is 1. The highest BCUT2D eigenvalue weighted by Gasteiger charge is 2.30. The summed E-state index contributed by atoms with van der Waals surface area (Å²) in [7, 11) is 0. The fourth-order valence-corrected chi connectivity index (χ4v) is 5.10. The number of nitrogens with one attached hydrogen (secondary N) is 1. The summed E-state index contributed by atoms with van der Waals surface area (Å²) in [6.07, 6.45) is 1.58. The molecule has 0 saturated carbocycles. The van der Waals surface area contributed by atoms with Crippen molar-refractivity contribution in [2.75, 3.05) is 18.5 Å². The quantitative estimate of drug-likeness (QED) is 0.563. The maximum atomic E-state index is 12.7. The van der Waals surface area contributed by atoms with Gasteiger partial charge in [-0.1, -0.05) is 13.0 Å². The van der Waals surface area contributed by atoms with Crippen LogP contribution in [-0.4, -0.2) is 37.2 Å². The van der Waals surface area contributed by atoms with E-state index in [1.807, 2.05) is 26.0 Å². The number of amides is 1. The zero-order chi connectivity index (χ0) is 24.1. The molecule has 1 N–H and O–H groups in total. The van der Waals surface area contributed by atoms with E-state index < -0.39 is 23.9 Å². The molecular formula is C25H31NO6S. The average Bonchev–Trinajstić information content (AvgIpc) is 3.11. The summed E-state index contributed by atoms with van der Waals surface area (Å²) in [5.41, 5.74) is 3.56. The van der Waals surface area contributed by atoms with Crippen LogP contribution in [0.25, 0.3) is 0 Å². The maximum Gasteiger partial charge on any atom is 0.344 e. The lowest BCUT2D eigenvalue weighted by molar-refractivity contribution is -0.155. The van der Waals surface area contributed by atoms with Crippen LogP contribution in [0.2, 0.25) is 0 Å². The van der Waals surface area contributed by atoms with Gasteiger partial charge in [0.1, 0.15) is 10.8 Å². The van der Waals surface area contributed by atoms with E-state index in [0.29, 0.717) is 22.2 Å². The van der Waals surface area contributed by atoms with Gasteiger partial charge in [-0.25, -0.2) is 9.59 Å². The van der Waals surface area contributed by atoms with Crippen LogP contribution in [0.5, 0.6) is 5.75 Å². The molecule has 3 rings (SSSR count). The number of esters is 2. The Morgan fingerprint density at radius 3 is 2.67 bits per heavy atom. The summed E-state index contributed by atoms with van der Waals surface area (Å²) in [5, 5.41) is 3.23. The molecule has 1 aliphatic carbocycles. The molecule has 0 spiro atoms. The normalized spacial score (nSPS) is 15.8. The van der Waals surface area contributed by atoms with Crippen molar-refractivity contribution in [3.8, 4) is 5.75 Å². The molecule has 2 aromatic rings. The summed E-state index contributed by atoms with van der Waals surface area (Å²) >= 11 is 1.40. The third-order valence-corrected chi connectivity index (χ3v) is 6.91. The molecule has 1 aromatic carbocycles. The number of benzene rings is 1. The second kappa shape index (κ2) is 10.8. The van der Waals surface area contributed by atoms with Crippen molar-refractivity contribution < 1.29 is 28.6 Å². The summed E-state index contributed by atoms with van der Waals surface area (Å²) in [6.45, 7) is 9.31. The van der Waals surface area contributed by atoms with E-state index in [1.165, 1.54) is 18.3 Å². The lowest BCUT2D eigenvalue weighted by atomic mass is 9.88. The Morgan fingerprint density at radius 2 is 1.97 bits per heavy atom. The molecule has 0 saturated heterocycles. The predicted octanol–water partition coefficient (Wildman–Crippen LogP) is 4.62. The molecule has 1 amide bonds. The second-order valence-corrected chi connectivity index (χ2v) is 9.54. The van der Waals surface area contributed by atoms with Gasteiger partial charge in [0, 0.05) is 4.88 Å². The zero-order valence-corrected chi connectivity index (χ0v) is 20.6. The largest absolute Gasteiger partial charge is 0.482 e. The minimum Gasteiger partial charge on any atom is -0.482 e. The number of rotatable bonds is 8. The molecule has 33 heavy (non-hydrogen) atoms. The minimum atomic E-state index is -1.05. The van der Waals surface area contributed by atoms with Crippen molar-refractivity contribution in [2.24, 2.45) is 5.92 Å². The molecule has 178 valence electrons. The fraction of sp³-hybridized carbons (Fsp3) is 0.480. The first-order valence-electron chi connectivity index (χ1n) is 11.2. The fourth-order valence-electron chi connectivity index (χ4n) is 3.70. The average molecular weight is 474 g/mol. The SMILES string of the molecule is CCOC(=O)c1c(NC(=O)C(C)OC(=O)COc2ccc(C)c(C)c2)sc2c1CCC(C)C2. The third kappa shape index (κ3) is 6.13. The number of thiophene rings is 1. The minimum absolute atomic E-state index is 0.252. The standard InChI is InChI=1S/C25H31NO6S/c1-6-30-25(29)22-19-10-7-14(2)11-20(19)33-24(22)26-23(28)17(5)32-21(27)13-31-18-9-8-15(3)16(4)12-18/h8-9,12,14,17H,6-7,10-11,13H2,1-5H3,(H,26,28). The van der Waals surface area contributed by atoms with Crippen LogP contribution in [0, 0.1) is 19.8 Å². The van der Waals surface area contributed by atoms with Crippen LogP contribution in [0.1, 0.15) is 59.1 Å². The highest BCUT2D eigenvalue weighted by atomic mass is 32.1. The van der Waals surface area contributed by atoms with Crippen LogP contribution >= 0.6 is 11.3 Å². The van der Waals surface area contributed by atoms with E-state index in [2.05, 4.69) is 12.2 Å². The number of carbonyl (C=O) groups is 3. The van der Waals surface area contributed by atoms with Gasteiger partial charge in [0.05, 0.1) is 12.2 Å². The van der Waals surface area contributed by atoms with E-state index in [9.17, 15) is 14.4 Å². The van der Waals surface area contributed by atoms with Gasteiger partial charge < -0.3 is 19.5 Å². The van der Waals surface area contributed by atoms with Gasteiger partial charge in [-0.15, -0.1) is 11.3 Å². The van der Waals surface area contributed by atoms with Crippen molar-refractivity contribution >= 4 is 34.2 Å². The summed E-state index contributed by atoms with van der Waals surface area (Å²) in [6, 6.07) is 5.53. The first-order valence-corrected chi connectivity index (χ1v) is 12.0. The smallest absolute Gasteiger partial charge is 0.344 e. The molecule has 2 atom stereocenters. The van der Waals surface area contributed by atoms with E-state index in [0.717, 1.165) is 40.8 Å². The maximum absolute atomic E-state index is 12.7. The molecule has 1 heterocycles. The van der Waals surface area contributed by atoms with Crippen LogP contribution in [0.4, 0.5) is 5.00 Å². The Bertz CT molecular complexity index is 1040. The van der Waals surface area contributed by atoms with Gasteiger partial charge in [-0.2, -0.15) is 0 Å². The number of ether oxygens (including phenoxy) is 3. The molecule has 8 heteroatoms. The molecule has 0 aliphatic heterocycles. The number of aryl methyl sites for hydroxylation is 2. The van der Waals surface area contributed by atoms with E-state index in [1.54, 1.807) is 13.0 Å². The number of carbonyl (C=O) groups excluding carboxylic acids is 3. The van der Waals surface area contributed by atoms with Crippen molar-refractivity contribution in [1.82, 2.24) is 0 Å². The summed E-state index contributed by atoms with van der Waals surface area (Å²) < 4.78 is 15.9. The molecular weight excluding hydrogens is 442 g/mol. The van der Waals surface area contributed by atoms with Gasteiger partial charge in [-0.3, -0.25) is 4.79 Å². The number of anilines is 1. The van der Waals surface area contributed by atoms with Crippen molar-refractivity contribution in [1.29, 1.82) is 0 Å². The van der Waals surface area contributed by atoms with Gasteiger partial charge in [0.15, 0.2) is 12.7 Å². The summed E-state index contributed by atoms with van der Waals surface area (Å²) in [5.74, 6) is -0.518. The Kier molecular flexibility index (Phi) is 8.13. The lowest BCUT2D eigenvalue weighted by Gasteiger charge is -2.18. The third-order valence-electron chi connectivity index (χ3n) is 5.74. The Labute approximate surface area is 198 Å². The van der Waals surface area contributed by atoms with E-state index >= 15 is 0 Å². The van der Waals surface area contributed by atoms with Crippen molar-refractivity contribution in [3.05, 3.63) is 45.3 Å². The first kappa shape index (κ1) is 24.8. The monoisotopic (exact) mass is 473 g/mol. The number of fused-ring (bicyclic) bond motifs is 1. The summed E-state index contributed by atoms with van der Waals surface area (Å²) in [4.78, 5) is 38.6. The molecule has 0 fully saturated rings. The predicted molar refractivity (Wildman–Crippen MR) is 127 cm³/mol. The van der Waals surface area contributed by atoms with Gasteiger partial charge in [0.25, 0.3) is 5.91 Å². The second-order valence-electron chi connectivity index (χ2n) is 8.43. The molecule has 1 aliphatic rings. The Balaban J connectivity index is 1.63. The highest BCUT2D eigenvalue weighted by molar-refractivity contribution is 7.17. The van der Waals surface area contributed by atoms with Gasteiger partial charge >= 0.3 is 11.9 Å². The first-order chi connectivity index (χ1) is 15.7. The Hall–Kier alpha value is -2.87. The van der Waals surface area contributed by atoms with Gasteiger partial charge in [-0.05, 0) is 81.7 Å². The number of hydrogen-bond acceptors (Lipinski definition) is 7.